The third kappa shape index (κ3) is 1.77. The Morgan fingerprint density at radius 2 is 2.31 bits per heavy atom. The third-order valence-electron chi connectivity index (χ3n) is 2.05. The minimum atomic E-state index is -0.507. The number of benzene rings is 1. The van der Waals surface area contributed by atoms with Crippen LogP contribution in [0.25, 0.3) is 0 Å². The minimum absolute atomic E-state index is 0.115. The molecule has 0 aliphatic rings. The maximum absolute atomic E-state index is 13.0. The summed E-state index contributed by atoms with van der Waals surface area (Å²) in [4.78, 5) is 11.9. The first-order valence-electron chi connectivity index (χ1n) is 4.46. The van der Waals surface area contributed by atoms with Gasteiger partial charge >= 0.3 is 0 Å². The number of aromatic amines is 1. The van der Waals surface area contributed by atoms with Gasteiger partial charge in [-0.15, -0.1) is 0 Å². The van der Waals surface area contributed by atoms with Crippen molar-refractivity contribution < 1.29 is 13.9 Å². The van der Waals surface area contributed by atoms with E-state index in [1.165, 1.54) is 25.4 Å². The van der Waals surface area contributed by atoms with Gasteiger partial charge in [-0.2, -0.15) is 15.4 Å². The van der Waals surface area contributed by atoms with Gasteiger partial charge in [-0.05, 0) is 18.2 Å². The fourth-order valence-electron chi connectivity index (χ4n) is 1.31. The molecular formula is C10H8FN3O2. The van der Waals surface area contributed by atoms with E-state index in [9.17, 15) is 9.18 Å². The molecule has 0 radical (unpaired) electrons. The summed E-state index contributed by atoms with van der Waals surface area (Å²) in [6, 6.07) is 3.72. The average molecular weight is 221 g/mol. The van der Waals surface area contributed by atoms with E-state index in [4.69, 9.17) is 4.74 Å². The molecule has 0 atom stereocenters. The third-order valence-corrected chi connectivity index (χ3v) is 2.05. The minimum Gasteiger partial charge on any atom is -0.496 e. The number of hydrogen-bond acceptors (Lipinski definition) is 4. The molecule has 6 heteroatoms. The van der Waals surface area contributed by atoms with E-state index in [-0.39, 0.29) is 11.3 Å². The highest BCUT2D eigenvalue weighted by Crippen LogP contribution is 2.21. The van der Waals surface area contributed by atoms with Gasteiger partial charge in [0, 0.05) is 0 Å². The zero-order valence-corrected chi connectivity index (χ0v) is 8.40. The van der Waals surface area contributed by atoms with Gasteiger partial charge in [0.25, 0.3) is 0 Å². The summed E-state index contributed by atoms with van der Waals surface area (Å²) in [6.45, 7) is 0. The monoisotopic (exact) mass is 221 g/mol. The average Bonchev–Trinajstić information content (AvgIpc) is 2.81. The van der Waals surface area contributed by atoms with Crippen LogP contribution in [0.15, 0.2) is 24.4 Å². The van der Waals surface area contributed by atoms with E-state index >= 15 is 0 Å². The summed E-state index contributed by atoms with van der Waals surface area (Å²) in [6.07, 6.45) is 1.27. The number of methoxy groups -OCH3 is 1. The Morgan fingerprint density at radius 3 is 2.94 bits per heavy atom. The van der Waals surface area contributed by atoms with Gasteiger partial charge in [0.15, 0.2) is 5.69 Å². The molecule has 0 amide bonds. The van der Waals surface area contributed by atoms with Gasteiger partial charge in [0.05, 0.1) is 18.9 Å². The molecule has 16 heavy (non-hydrogen) atoms. The topological polar surface area (TPSA) is 67.9 Å². The molecule has 0 spiro atoms. The summed E-state index contributed by atoms with van der Waals surface area (Å²) in [5.74, 6) is -0.646. The number of hydrogen-bond donors (Lipinski definition) is 1. The predicted molar refractivity (Wildman–Crippen MR) is 52.8 cm³/mol. The molecule has 5 nitrogen and oxygen atoms in total. The summed E-state index contributed by atoms with van der Waals surface area (Å²) in [7, 11) is 1.41. The Balaban J connectivity index is 2.47. The first-order valence-corrected chi connectivity index (χ1v) is 4.46. The second kappa shape index (κ2) is 4.09. The van der Waals surface area contributed by atoms with Crippen LogP contribution in [0.5, 0.6) is 5.75 Å². The Morgan fingerprint density at radius 1 is 1.50 bits per heavy atom. The van der Waals surface area contributed by atoms with Crippen LogP contribution in [0.2, 0.25) is 0 Å². The Kier molecular flexibility index (Phi) is 2.63. The lowest BCUT2D eigenvalue weighted by Crippen LogP contribution is -2.05. The van der Waals surface area contributed by atoms with Crippen molar-refractivity contribution in [2.24, 2.45) is 0 Å². The number of carbonyl (C=O) groups excluding carboxylic acids is 1. The van der Waals surface area contributed by atoms with Crippen molar-refractivity contribution in [1.29, 1.82) is 0 Å². The lowest BCUT2D eigenvalue weighted by Gasteiger charge is -2.05. The highest BCUT2D eigenvalue weighted by Gasteiger charge is 2.17. The first kappa shape index (κ1) is 10.3. The molecule has 0 unspecified atom stereocenters. The van der Waals surface area contributed by atoms with Crippen LogP contribution in [0, 0.1) is 5.82 Å². The fourth-order valence-corrected chi connectivity index (χ4v) is 1.31. The summed E-state index contributed by atoms with van der Waals surface area (Å²) in [5, 5.41) is 9.47. The second-order valence-electron chi connectivity index (χ2n) is 3.03. The van der Waals surface area contributed by atoms with Crippen molar-refractivity contribution in [3.63, 3.8) is 0 Å². The Hall–Kier alpha value is -2.24. The van der Waals surface area contributed by atoms with Crippen LogP contribution in [-0.2, 0) is 0 Å². The zero-order chi connectivity index (χ0) is 11.5. The maximum atomic E-state index is 13.0. The van der Waals surface area contributed by atoms with Gasteiger partial charge in [0.2, 0.25) is 5.78 Å². The number of H-pyrrole nitrogens is 1. The number of aromatic nitrogens is 3. The van der Waals surface area contributed by atoms with Crippen molar-refractivity contribution in [2.75, 3.05) is 7.11 Å². The number of ether oxygens (including phenoxy) is 1. The van der Waals surface area contributed by atoms with Crippen molar-refractivity contribution >= 4 is 5.78 Å². The van der Waals surface area contributed by atoms with E-state index in [2.05, 4.69) is 15.4 Å². The number of rotatable bonds is 3. The Bertz CT molecular complexity index is 511. The summed E-state index contributed by atoms with van der Waals surface area (Å²) < 4.78 is 18.0. The molecule has 1 aromatic carbocycles. The van der Waals surface area contributed by atoms with Crippen LogP contribution >= 0.6 is 0 Å². The van der Waals surface area contributed by atoms with Gasteiger partial charge < -0.3 is 4.74 Å². The molecule has 0 aliphatic carbocycles. The van der Waals surface area contributed by atoms with E-state index < -0.39 is 11.6 Å². The highest BCUT2D eigenvalue weighted by molar-refractivity contribution is 6.09. The molecule has 0 bridgehead atoms. The molecule has 0 saturated carbocycles. The van der Waals surface area contributed by atoms with Crippen LogP contribution in [0.1, 0.15) is 16.1 Å². The normalized spacial score (nSPS) is 10.1. The van der Waals surface area contributed by atoms with Gasteiger partial charge in [-0.25, -0.2) is 4.39 Å². The van der Waals surface area contributed by atoms with Crippen molar-refractivity contribution in [2.45, 2.75) is 0 Å². The number of nitrogens with zero attached hydrogens (tertiary/aromatic N) is 2. The SMILES string of the molecule is COc1ccc(F)cc1C(=O)c1cn[nH]n1. The molecule has 82 valence electrons. The van der Waals surface area contributed by atoms with Crippen LogP contribution in [0.3, 0.4) is 0 Å². The summed E-state index contributed by atoms with van der Waals surface area (Å²) >= 11 is 0. The van der Waals surface area contributed by atoms with E-state index in [0.29, 0.717) is 5.75 Å². The molecule has 1 aromatic heterocycles. The molecule has 0 aliphatic heterocycles. The van der Waals surface area contributed by atoms with Crippen LogP contribution < -0.4 is 4.74 Å². The van der Waals surface area contributed by atoms with Gasteiger partial charge in [-0.1, -0.05) is 0 Å². The van der Waals surface area contributed by atoms with Gasteiger partial charge in [0.1, 0.15) is 11.6 Å². The largest absolute Gasteiger partial charge is 0.496 e. The molecule has 2 aromatic rings. The standard InChI is InChI=1S/C10H8FN3O2/c1-16-9-3-2-6(11)4-7(9)10(15)8-5-12-14-13-8/h2-5H,1H3,(H,12,13,14). The molecule has 1 heterocycles. The summed E-state index contributed by atoms with van der Waals surface area (Å²) in [5.41, 5.74) is 0.236. The van der Waals surface area contributed by atoms with Crippen LogP contribution in [-0.4, -0.2) is 28.3 Å². The lowest BCUT2D eigenvalue weighted by atomic mass is 10.1. The zero-order valence-electron chi connectivity index (χ0n) is 8.40. The molecule has 0 fully saturated rings. The van der Waals surface area contributed by atoms with E-state index in [1.54, 1.807) is 0 Å². The highest BCUT2D eigenvalue weighted by atomic mass is 19.1. The second-order valence-corrected chi connectivity index (χ2v) is 3.03. The molecular weight excluding hydrogens is 213 g/mol. The number of nitrogens with one attached hydrogen (secondary N) is 1. The Labute approximate surface area is 90.2 Å². The molecule has 1 N–H and O–H groups in total. The quantitative estimate of drug-likeness (QED) is 0.790. The predicted octanol–water partition coefficient (Wildman–Crippen LogP) is 1.18. The molecule has 2 rings (SSSR count). The smallest absolute Gasteiger partial charge is 0.218 e. The number of ketones is 1. The van der Waals surface area contributed by atoms with Crippen LogP contribution in [0.4, 0.5) is 4.39 Å². The number of carbonyl (C=O) groups is 1. The lowest BCUT2D eigenvalue weighted by molar-refractivity contribution is 0.103. The maximum Gasteiger partial charge on any atom is 0.218 e. The van der Waals surface area contributed by atoms with Crippen molar-refractivity contribution in [1.82, 2.24) is 15.4 Å². The fraction of sp³-hybridized carbons (Fsp3) is 0.100. The van der Waals surface area contributed by atoms with E-state index in [0.717, 1.165) is 6.07 Å². The van der Waals surface area contributed by atoms with E-state index in [1.807, 2.05) is 0 Å². The number of halogens is 1. The molecule has 0 saturated heterocycles. The van der Waals surface area contributed by atoms with Gasteiger partial charge in [-0.3, -0.25) is 4.79 Å². The van der Waals surface area contributed by atoms with Crippen molar-refractivity contribution in [3.05, 3.63) is 41.5 Å². The van der Waals surface area contributed by atoms with Crippen molar-refractivity contribution in [3.8, 4) is 5.75 Å². The first-order chi connectivity index (χ1) is 7.72.